The zero-order valence-corrected chi connectivity index (χ0v) is 38.1. The molecular formula is C54H80N2O2. The molecule has 0 saturated heterocycles. The first-order chi connectivity index (χ1) is 28.2. The van der Waals surface area contributed by atoms with Crippen molar-refractivity contribution in [3.05, 3.63) is 94.0 Å². The summed E-state index contributed by atoms with van der Waals surface area (Å²) in [6, 6.07) is 21.3. The molecule has 4 rings (SSSR count). The van der Waals surface area contributed by atoms with Crippen molar-refractivity contribution in [3.8, 4) is 11.5 Å². The van der Waals surface area contributed by atoms with E-state index in [-0.39, 0.29) is 11.5 Å². The molecule has 0 aliphatic carbocycles. The van der Waals surface area contributed by atoms with Crippen LogP contribution in [0.15, 0.2) is 70.6 Å². The Labute approximate surface area is 354 Å². The van der Waals surface area contributed by atoms with Gasteiger partial charge in [0.25, 0.3) is 0 Å². The van der Waals surface area contributed by atoms with Crippen LogP contribution in [0.5, 0.6) is 11.5 Å². The van der Waals surface area contributed by atoms with Crippen molar-refractivity contribution in [2.75, 3.05) is 0 Å². The average Bonchev–Trinajstić information content (AvgIpc) is 3.20. The fourth-order valence-electron chi connectivity index (χ4n) is 7.81. The molecule has 0 heterocycles. The van der Waals surface area contributed by atoms with Crippen molar-refractivity contribution >= 4 is 33.6 Å². The number of unbranched alkanes of at least 4 members (excludes halogenated alkanes) is 10. The molecule has 0 radical (unpaired) electrons. The Balaban J connectivity index is 0.000000533. The van der Waals surface area contributed by atoms with Gasteiger partial charge in [-0.25, -0.2) is 0 Å². The van der Waals surface area contributed by atoms with E-state index in [1.165, 1.54) is 143 Å². The molecule has 0 bridgehead atoms. The zero-order valence-electron chi connectivity index (χ0n) is 38.1. The highest BCUT2D eigenvalue weighted by molar-refractivity contribution is 6.43. The van der Waals surface area contributed by atoms with Gasteiger partial charge in [-0.2, -0.15) is 0 Å². The Morgan fingerprint density at radius 3 is 1.22 bits per heavy atom. The van der Waals surface area contributed by atoms with Gasteiger partial charge in [-0.15, -0.1) is 0 Å². The molecule has 0 fully saturated rings. The molecule has 318 valence electrons. The summed E-state index contributed by atoms with van der Waals surface area (Å²) < 4.78 is 0. The standard InChI is InChI=1S/C42H68N2.C12H12O2/c1-7-13-19-20-21-22-28-42(44-40-32-30-36(24-15-9-3)38(34-40)26-17-11-5)41(27-18-12-6)43-39-31-29-35(23-14-8-2)37(33-39)25-16-10-4;1-7-3-9-4-8(2)6-11(14)12(9)10(13)5-7/h29-34H,7-28H2,1-6H3;3-6,13-14H,1-2H3. The topological polar surface area (TPSA) is 65.2 Å². The van der Waals surface area contributed by atoms with Gasteiger partial charge in [0.15, 0.2) is 0 Å². The molecule has 2 N–H and O–H groups in total. The molecule has 4 heteroatoms. The fourth-order valence-corrected chi connectivity index (χ4v) is 7.81. The number of phenolic OH excluding ortho intramolecular Hbond substituents is 2. The minimum atomic E-state index is 0.137. The Hall–Kier alpha value is -3.92. The number of aryl methyl sites for hydroxylation is 6. The second kappa shape index (κ2) is 27.7. The smallest absolute Gasteiger partial charge is 0.127 e. The number of benzene rings is 4. The van der Waals surface area contributed by atoms with Crippen LogP contribution >= 0.6 is 0 Å². The largest absolute Gasteiger partial charge is 0.507 e. The van der Waals surface area contributed by atoms with Crippen molar-refractivity contribution in [1.82, 2.24) is 0 Å². The van der Waals surface area contributed by atoms with Crippen molar-refractivity contribution in [1.29, 1.82) is 0 Å². The molecule has 0 aliphatic rings. The van der Waals surface area contributed by atoms with E-state index in [0.717, 1.165) is 60.0 Å². The lowest BCUT2D eigenvalue weighted by molar-refractivity contribution is 0.463. The first-order valence-corrected chi connectivity index (χ1v) is 23.5. The van der Waals surface area contributed by atoms with Gasteiger partial charge in [-0.05, 0) is 166 Å². The highest BCUT2D eigenvalue weighted by Gasteiger charge is 2.13. The second-order valence-corrected chi connectivity index (χ2v) is 16.7. The lowest BCUT2D eigenvalue weighted by atomic mass is 9.96. The average molecular weight is 789 g/mol. The molecule has 4 nitrogen and oxygen atoms in total. The quantitative estimate of drug-likeness (QED) is 0.0519. The molecule has 0 saturated carbocycles. The van der Waals surface area contributed by atoms with E-state index < -0.39 is 0 Å². The monoisotopic (exact) mass is 789 g/mol. The minimum Gasteiger partial charge on any atom is -0.507 e. The molecule has 0 aliphatic heterocycles. The SMILES string of the molecule is CCCCCCCCC(=Nc1ccc(CCCC)c(CCCC)c1)C(CCCC)=Nc1ccc(CCCC)c(CCCC)c1.Cc1cc(O)c2c(O)cc(C)cc2c1. The van der Waals surface area contributed by atoms with Crippen LogP contribution in [0.1, 0.15) is 190 Å². The lowest BCUT2D eigenvalue weighted by Crippen LogP contribution is -2.14. The van der Waals surface area contributed by atoms with Crippen LogP contribution in [0, 0.1) is 13.8 Å². The van der Waals surface area contributed by atoms with E-state index in [1.807, 2.05) is 26.0 Å². The molecule has 4 aromatic rings. The predicted octanol–water partition coefficient (Wildman–Crippen LogP) is 16.7. The normalized spacial score (nSPS) is 11.9. The maximum Gasteiger partial charge on any atom is 0.127 e. The molecule has 0 spiro atoms. The van der Waals surface area contributed by atoms with Crippen molar-refractivity contribution in [3.63, 3.8) is 0 Å². The van der Waals surface area contributed by atoms with Gasteiger partial charge >= 0.3 is 0 Å². The van der Waals surface area contributed by atoms with Crippen LogP contribution in [0.2, 0.25) is 0 Å². The van der Waals surface area contributed by atoms with Crippen LogP contribution in [0.3, 0.4) is 0 Å². The fraction of sp³-hybridized carbons (Fsp3) is 0.556. The number of nitrogens with zero attached hydrogens (tertiary/aromatic N) is 2. The molecule has 0 unspecified atom stereocenters. The highest BCUT2D eigenvalue weighted by Crippen LogP contribution is 2.34. The van der Waals surface area contributed by atoms with E-state index >= 15 is 0 Å². The van der Waals surface area contributed by atoms with Crippen LogP contribution in [-0.4, -0.2) is 21.6 Å². The van der Waals surface area contributed by atoms with Crippen LogP contribution in [0.25, 0.3) is 10.8 Å². The molecule has 58 heavy (non-hydrogen) atoms. The zero-order chi connectivity index (χ0) is 42.1. The van der Waals surface area contributed by atoms with Crippen LogP contribution in [-0.2, 0) is 25.7 Å². The molecule has 0 aromatic heterocycles. The summed E-state index contributed by atoms with van der Waals surface area (Å²) in [5.41, 5.74) is 12.7. The van der Waals surface area contributed by atoms with Crippen LogP contribution < -0.4 is 0 Å². The molecule has 0 atom stereocenters. The Bertz CT molecular complexity index is 1810. The van der Waals surface area contributed by atoms with Gasteiger partial charge in [0.2, 0.25) is 0 Å². The highest BCUT2D eigenvalue weighted by atomic mass is 16.3. The molecule has 0 amide bonds. The number of phenols is 2. The number of hydrogen-bond donors (Lipinski definition) is 2. The van der Waals surface area contributed by atoms with Crippen molar-refractivity contribution in [2.45, 2.75) is 197 Å². The number of rotatable bonds is 25. The third-order valence-electron chi connectivity index (χ3n) is 11.3. The van der Waals surface area contributed by atoms with Gasteiger partial charge in [0, 0.05) is 0 Å². The minimum absolute atomic E-state index is 0.137. The Morgan fingerprint density at radius 1 is 0.414 bits per heavy atom. The van der Waals surface area contributed by atoms with Crippen molar-refractivity contribution in [2.24, 2.45) is 9.98 Å². The summed E-state index contributed by atoms with van der Waals surface area (Å²) in [4.78, 5) is 10.9. The van der Waals surface area contributed by atoms with E-state index in [4.69, 9.17) is 9.98 Å². The number of hydrogen-bond acceptors (Lipinski definition) is 4. The van der Waals surface area contributed by atoms with Gasteiger partial charge in [0.05, 0.1) is 28.2 Å². The van der Waals surface area contributed by atoms with Gasteiger partial charge < -0.3 is 10.2 Å². The maximum absolute atomic E-state index is 9.66. The van der Waals surface area contributed by atoms with E-state index in [2.05, 4.69) is 77.9 Å². The van der Waals surface area contributed by atoms with Crippen LogP contribution in [0.4, 0.5) is 11.4 Å². The van der Waals surface area contributed by atoms with Gasteiger partial charge in [-0.3, -0.25) is 9.98 Å². The molecular weight excluding hydrogens is 709 g/mol. The van der Waals surface area contributed by atoms with E-state index in [0.29, 0.717) is 5.39 Å². The third kappa shape index (κ3) is 16.7. The predicted molar refractivity (Wildman–Crippen MR) is 256 cm³/mol. The number of aliphatic imine (C=N–C) groups is 2. The Morgan fingerprint density at radius 2 is 0.793 bits per heavy atom. The van der Waals surface area contributed by atoms with E-state index in [9.17, 15) is 10.2 Å². The summed E-state index contributed by atoms with van der Waals surface area (Å²) >= 11 is 0. The first kappa shape index (κ1) is 48.4. The second-order valence-electron chi connectivity index (χ2n) is 16.7. The Kier molecular flexibility index (Phi) is 23.1. The van der Waals surface area contributed by atoms with E-state index in [1.54, 1.807) is 12.1 Å². The summed E-state index contributed by atoms with van der Waals surface area (Å²) in [5, 5.41) is 20.7. The van der Waals surface area contributed by atoms with Gasteiger partial charge in [0.1, 0.15) is 11.5 Å². The number of fused-ring (bicyclic) bond motifs is 1. The number of aromatic hydroxyl groups is 2. The van der Waals surface area contributed by atoms with Gasteiger partial charge in [-0.1, -0.05) is 130 Å². The lowest BCUT2D eigenvalue weighted by Gasteiger charge is -2.15. The first-order valence-electron chi connectivity index (χ1n) is 23.5. The summed E-state index contributed by atoms with van der Waals surface area (Å²) in [5.74, 6) is 0.273. The maximum atomic E-state index is 9.66. The summed E-state index contributed by atoms with van der Waals surface area (Å²) in [7, 11) is 0. The summed E-state index contributed by atoms with van der Waals surface area (Å²) in [6.07, 6.45) is 26.8. The third-order valence-corrected chi connectivity index (χ3v) is 11.3. The summed E-state index contributed by atoms with van der Waals surface area (Å²) in [6.45, 7) is 17.6. The molecule has 4 aromatic carbocycles. The van der Waals surface area contributed by atoms with Crippen molar-refractivity contribution < 1.29 is 10.2 Å².